The van der Waals surface area contributed by atoms with Crippen LogP contribution >= 0.6 is 0 Å². The maximum Gasteiger partial charge on any atom is 0.255 e. The van der Waals surface area contributed by atoms with E-state index in [2.05, 4.69) is 12.2 Å². The van der Waals surface area contributed by atoms with Crippen molar-refractivity contribution in [2.75, 3.05) is 20.3 Å². The molecule has 1 heterocycles. The third-order valence-corrected chi connectivity index (χ3v) is 2.72. The highest BCUT2D eigenvalue weighted by Gasteiger charge is 2.04. The third kappa shape index (κ3) is 3.98. The Balaban J connectivity index is 2.73. The van der Waals surface area contributed by atoms with Gasteiger partial charge < -0.3 is 14.6 Å². The lowest BCUT2D eigenvalue weighted by Gasteiger charge is -2.11. The van der Waals surface area contributed by atoms with E-state index in [-0.39, 0.29) is 5.56 Å². The van der Waals surface area contributed by atoms with Crippen LogP contribution in [0.2, 0.25) is 0 Å². The normalized spacial score (nSPS) is 10.8. The zero-order valence-corrected chi connectivity index (χ0v) is 11.0. The molecule has 4 heteroatoms. The predicted molar refractivity (Wildman–Crippen MR) is 69.3 cm³/mol. The number of hydrogen-bond donors (Lipinski definition) is 1. The Labute approximate surface area is 103 Å². The molecule has 0 bridgehead atoms. The predicted octanol–water partition coefficient (Wildman–Crippen LogP) is 1.30. The smallest absolute Gasteiger partial charge is 0.255 e. The van der Waals surface area contributed by atoms with Crippen LogP contribution in [0.5, 0.6) is 0 Å². The number of hydrogen-bond acceptors (Lipinski definition) is 3. The van der Waals surface area contributed by atoms with Crippen LogP contribution in [-0.2, 0) is 17.8 Å². The van der Waals surface area contributed by atoms with Gasteiger partial charge >= 0.3 is 0 Å². The maximum atomic E-state index is 12.1. The van der Waals surface area contributed by atoms with Crippen LogP contribution in [0.1, 0.15) is 24.6 Å². The van der Waals surface area contributed by atoms with Gasteiger partial charge in [-0.15, -0.1) is 0 Å². The quantitative estimate of drug-likeness (QED) is 0.728. The molecule has 0 fully saturated rings. The van der Waals surface area contributed by atoms with E-state index >= 15 is 0 Å². The average molecular weight is 238 g/mol. The van der Waals surface area contributed by atoms with E-state index in [1.807, 2.05) is 23.6 Å². The van der Waals surface area contributed by atoms with Crippen molar-refractivity contribution in [2.24, 2.45) is 0 Å². The van der Waals surface area contributed by atoms with E-state index in [0.717, 1.165) is 30.8 Å². The number of methoxy groups -OCH3 is 1. The molecule has 0 unspecified atom stereocenters. The van der Waals surface area contributed by atoms with Crippen molar-refractivity contribution in [3.05, 3.63) is 33.7 Å². The fraction of sp³-hybridized carbons (Fsp3) is 0.615. The van der Waals surface area contributed by atoms with Gasteiger partial charge in [0.25, 0.3) is 5.56 Å². The topological polar surface area (TPSA) is 43.3 Å². The molecule has 0 saturated carbocycles. The SMILES string of the molecule is CCCn1c(C)ccc(CNCCOC)c1=O. The first-order valence-corrected chi connectivity index (χ1v) is 6.09. The monoisotopic (exact) mass is 238 g/mol. The Morgan fingerprint density at radius 2 is 2.18 bits per heavy atom. The van der Waals surface area contributed by atoms with Crippen LogP contribution < -0.4 is 10.9 Å². The Bertz CT molecular complexity index is 399. The number of nitrogens with one attached hydrogen (secondary N) is 1. The van der Waals surface area contributed by atoms with Crippen molar-refractivity contribution >= 4 is 0 Å². The second kappa shape index (κ2) is 7.25. The van der Waals surface area contributed by atoms with E-state index in [9.17, 15) is 4.79 Å². The Morgan fingerprint density at radius 3 is 2.82 bits per heavy atom. The number of pyridine rings is 1. The number of nitrogens with zero attached hydrogens (tertiary/aromatic N) is 1. The van der Waals surface area contributed by atoms with Gasteiger partial charge in [0.15, 0.2) is 0 Å². The lowest BCUT2D eigenvalue weighted by molar-refractivity contribution is 0.199. The summed E-state index contributed by atoms with van der Waals surface area (Å²) < 4.78 is 6.79. The van der Waals surface area contributed by atoms with Crippen molar-refractivity contribution in [3.63, 3.8) is 0 Å². The van der Waals surface area contributed by atoms with Gasteiger partial charge in [-0.25, -0.2) is 0 Å². The van der Waals surface area contributed by atoms with Gasteiger partial charge in [-0.1, -0.05) is 13.0 Å². The number of aryl methyl sites for hydroxylation is 1. The molecule has 0 aliphatic rings. The van der Waals surface area contributed by atoms with Gasteiger partial charge in [0, 0.05) is 38.0 Å². The average Bonchev–Trinajstić information content (AvgIpc) is 2.32. The molecule has 0 aliphatic heterocycles. The van der Waals surface area contributed by atoms with Crippen LogP contribution in [0.3, 0.4) is 0 Å². The lowest BCUT2D eigenvalue weighted by Crippen LogP contribution is -2.29. The molecule has 0 aromatic carbocycles. The molecule has 0 saturated heterocycles. The summed E-state index contributed by atoms with van der Waals surface area (Å²) in [5.74, 6) is 0. The zero-order valence-electron chi connectivity index (χ0n) is 11.0. The molecule has 1 aromatic rings. The summed E-state index contributed by atoms with van der Waals surface area (Å²) in [7, 11) is 1.67. The molecule has 4 nitrogen and oxygen atoms in total. The Kier molecular flexibility index (Phi) is 5.94. The summed E-state index contributed by atoms with van der Waals surface area (Å²) >= 11 is 0. The summed E-state index contributed by atoms with van der Waals surface area (Å²) in [5.41, 5.74) is 1.97. The van der Waals surface area contributed by atoms with E-state index in [1.165, 1.54) is 0 Å². The summed E-state index contributed by atoms with van der Waals surface area (Å²) in [5, 5.41) is 3.19. The van der Waals surface area contributed by atoms with Gasteiger partial charge in [0.2, 0.25) is 0 Å². The maximum absolute atomic E-state index is 12.1. The van der Waals surface area contributed by atoms with Crippen LogP contribution in [0.15, 0.2) is 16.9 Å². The van der Waals surface area contributed by atoms with Crippen molar-refractivity contribution in [2.45, 2.75) is 33.4 Å². The first-order valence-electron chi connectivity index (χ1n) is 6.09. The van der Waals surface area contributed by atoms with Gasteiger partial charge in [-0.2, -0.15) is 0 Å². The molecule has 1 N–H and O–H groups in total. The molecule has 0 spiro atoms. The van der Waals surface area contributed by atoms with Gasteiger partial charge in [0.05, 0.1) is 6.61 Å². The summed E-state index contributed by atoms with van der Waals surface area (Å²) in [6, 6.07) is 3.91. The Hall–Kier alpha value is -1.13. The van der Waals surface area contributed by atoms with Gasteiger partial charge in [-0.05, 0) is 19.4 Å². The molecule has 1 rings (SSSR count). The van der Waals surface area contributed by atoms with Crippen molar-refractivity contribution in [1.29, 1.82) is 0 Å². The van der Waals surface area contributed by atoms with Gasteiger partial charge in [-0.3, -0.25) is 4.79 Å². The molecule has 0 aliphatic carbocycles. The van der Waals surface area contributed by atoms with Crippen molar-refractivity contribution < 1.29 is 4.74 Å². The molecule has 17 heavy (non-hydrogen) atoms. The first kappa shape index (κ1) is 13.9. The molecule has 0 radical (unpaired) electrons. The van der Waals surface area contributed by atoms with Crippen LogP contribution in [0.25, 0.3) is 0 Å². The highest BCUT2D eigenvalue weighted by Crippen LogP contribution is 1.99. The van der Waals surface area contributed by atoms with Crippen molar-refractivity contribution in [3.8, 4) is 0 Å². The fourth-order valence-corrected chi connectivity index (χ4v) is 1.75. The molecule has 0 amide bonds. The van der Waals surface area contributed by atoms with Gasteiger partial charge in [0.1, 0.15) is 0 Å². The molecule has 1 aromatic heterocycles. The van der Waals surface area contributed by atoms with Crippen LogP contribution in [0.4, 0.5) is 0 Å². The molecular formula is C13H22N2O2. The minimum atomic E-state index is 0.122. The Morgan fingerprint density at radius 1 is 1.41 bits per heavy atom. The zero-order chi connectivity index (χ0) is 12.7. The highest BCUT2D eigenvalue weighted by atomic mass is 16.5. The minimum absolute atomic E-state index is 0.122. The second-order valence-corrected chi connectivity index (χ2v) is 4.13. The minimum Gasteiger partial charge on any atom is -0.383 e. The van der Waals surface area contributed by atoms with Crippen molar-refractivity contribution in [1.82, 2.24) is 9.88 Å². The first-order chi connectivity index (χ1) is 8.20. The molecular weight excluding hydrogens is 216 g/mol. The number of aromatic nitrogens is 1. The highest BCUT2D eigenvalue weighted by molar-refractivity contribution is 5.15. The van der Waals surface area contributed by atoms with Crippen LogP contribution in [-0.4, -0.2) is 24.8 Å². The van der Waals surface area contributed by atoms with E-state index in [0.29, 0.717) is 13.2 Å². The largest absolute Gasteiger partial charge is 0.383 e. The summed E-state index contributed by atoms with van der Waals surface area (Å²) in [6.07, 6.45) is 0.974. The summed E-state index contributed by atoms with van der Waals surface area (Å²) in [4.78, 5) is 12.1. The van der Waals surface area contributed by atoms with Crippen LogP contribution in [0, 0.1) is 6.92 Å². The standard InChI is InChI=1S/C13H22N2O2/c1-4-8-15-11(2)5-6-12(13(15)16)10-14-7-9-17-3/h5-6,14H,4,7-10H2,1-3H3. The fourth-order valence-electron chi connectivity index (χ4n) is 1.75. The number of rotatable bonds is 7. The number of ether oxygens (including phenoxy) is 1. The van der Waals surface area contributed by atoms with E-state index in [4.69, 9.17) is 4.74 Å². The summed E-state index contributed by atoms with van der Waals surface area (Å²) in [6.45, 7) is 6.87. The second-order valence-electron chi connectivity index (χ2n) is 4.13. The van der Waals surface area contributed by atoms with E-state index in [1.54, 1.807) is 7.11 Å². The van der Waals surface area contributed by atoms with E-state index < -0.39 is 0 Å². The third-order valence-electron chi connectivity index (χ3n) is 2.72. The molecule has 96 valence electrons. The molecule has 0 atom stereocenters. The lowest BCUT2D eigenvalue weighted by atomic mass is 10.2.